The van der Waals surface area contributed by atoms with Crippen LogP contribution in [0.3, 0.4) is 0 Å². The number of imidazole rings is 1. The van der Waals surface area contributed by atoms with Gasteiger partial charge in [-0.1, -0.05) is 29.4 Å². The number of fused-ring (bicyclic) bond motifs is 2. The molecule has 0 aliphatic carbocycles. The van der Waals surface area contributed by atoms with E-state index < -0.39 is 0 Å². The lowest BCUT2D eigenvalue weighted by atomic mass is 10.2. The lowest BCUT2D eigenvalue weighted by Gasteiger charge is -2.07. The summed E-state index contributed by atoms with van der Waals surface area (Å²) in [7, 11) is 0. The molecule has 4 rings (SSSR count). The number of hydrogen-bond donors (Lipinski definition) is 2. The van der Waals surface area contributed by atoms with Crippen molar-refractivity contribution in [3.8, 4) is 0 Å². The number of halogens is 1. The van der Waals surface area contributed by atoms with Gasteiger partial charge in [-0.2, -0.15) is 0 Å². The number of hydrogen-bond acceptors (Lipinski definition) is 4. The molecule has 0 aliphatic heterocycles. The van der Waals surface area contributed by atoms with Crippen molar-refractivity contribution in [1.82, 2.24) is 15.0 Å². The summed E-state index contributed by atoms with van der Waals surface area (Å²) in [6, 6.07) is 14.9. The van der Waals surface area contributed by atoms with E-state index in [1.807, 2.05) is 42.5 Å². The standard InChI is InChI=1S/C18H13ClN4OS/c19-11-6-7-15-16(9-11)23-18(22-15)25-10-17(24)21-14-5-1-4-13-12(14)3-2-8-20-13/h1-9H,10H2,(H,21,24)(H,22,23). The Hall–Kier alpha value is -2.57. The van der Waals surface area contributed by atoms with Crippen molar-refractivity contribution in [2.75, 3.05) is 11.1 Å². The highest BCUT2D eigenvalue weighted by Crippen LogP contribution is 2.24. The summed E-state index contributed by atoms with van der Waals surface area (Å²) >= 11 is 7.32. The van der Waals surface area contributed by atoms with Crippen LogP contribution in [0.5, 0.6) is 0 Å². The third-order valence-electron chi connectivity index (χ3n) is 3.68. The first-order valence-electron chi connectivity index (χ1n) is 7.61. The zero-order valence-electron chi connectivity index (χ0n) is 13.0. The molecule has 25 heavy (non-hydrogen) atoms. The van der Waals surface area contributed by atoms with Crippen molar-refractivity contribution < 1.29 is 4.79 Å². The summed E-state index contributed by atoms with van der Waals surface area (Å²) in [5.74, 6) is 0.157. The van der Waals surface area contributed by atoms with Crippen molar-refractivity contribution in [3.05, 3.63) is 59.8 Å². The van der Waals surface area contributed by atoms with E-state index in [-0.39, 0.29) is 11.7 Å². The Labute approximate surface area is 152 Å². The molecule has 0 aliphatic rings. The predicted octanol–water partition coefficient (Wildman–Crippen LogP) is 4.50. The van der Waals surface area contributed by atoms with E-state index in [9.17, 15) is 4.79 Å². The molecule has 4 aromatic rings. The Morgan fingerprint density at radius 3 is 3.00 bits per heavy atom. The summed E-state index contributed by atoms with van der Waals surface area (Å²) in [4.78, 5) is 24.2. The molecule has 0 radical (unpaired) electrons. The number of aromatic amines is 1. The minimum atomic E-state index is -0.0974. The topological polar surface area (TPSA) is 70.7 Å². The van der Waals surface area contributed by atoms with Crippen molar-refractivity contribution in [2.45, 2.75) is 5.16 Å². The average Bonchev–Trinajstić information content (AvgIpc) is 3.02. The molecule has 2 heterocycles. The van der Waals surface area contributed by atoms with Crippen LogP contribution in [-0.4, -0.2) is 26.6 Å². The number of carbonyl (C=O) groups is 1. The number of thioether (sulfide) groups is 1. The largest absolute Gasteiger partial charge is 0.333 e. The fourth-order valence-electron chi connectivity index (χ4n) is 2.56. The van der Waals surface area contributed by atoms with Gasteiger partial charge in [-0.3, -0.25) is 9.78 Å². The Balaban J connectivity index is 1.46. The van der Waals surface area contributed by atoms with Gasteiger partial charge in [0.25, 0.3) is 0 Å². The molecule has 0 atom stereocenters. The average molecular weight is 369 g/mol. The molecule has 0 saturated carbocycles. The molecular weight excluding hydrogens is 356 g/mol. The Kier molecular flexibility index (Phi) is 4.29. The van der Waals surface area contributed by atoms with Crippen LogP contribution in [0.4, 0.5) is 5.69 Å². The van der Waals surface area contributed by atoms with Crippen LogP contribution in [0, 0.1) is 0 Å². The minimum absolute atomic E-state index is 0.0974. The summed E-state index contributed by atoms with van der Waals surface area (Å²) in [5, 5.41) is 5.19. The maximum Gasteiger partial charge on any atom is 0.234 e. The molecule has 0 bridgehead atoms. The maximum absolute atomic E-state index is 12.3. The third-order valence-corrected chi connectivity index (χ3v) is 4.79. The lowest BCUT2D eigenvalue weighted by Crippen LogP contribution is -2.14. The number of nitrogens with zero attached hydrogens (tertiary/aromatic N) is 2. The zero-order valence-corrected chi connectivity index (χ0v) is 14.6. The molecule has 2 N–H and O–H groups in total. The molecule has 124 valence electrons. The molecule has 5 nitrogen and oxygen atoms in total. The number of anilines is 1. The second-order valence-corrected chi connectivity index (χ2v) is 6.82. The van der Waals surface area contributed by atoms with Gasteiger partial charge in [0.15, 0.2) is 5.16 Å². The predicted molar refractivity (Wildman–Crippen MR) is 102 cm³/mol. The van der Waals surface area contributed by atoms with Crippen LogP contribution in [0.15, 0.2) is 59.9 Å². The molecule has 0 saturated heterocycles. The number of carbonyl (C=O) groups excluding carboxylic acids is 1. The van der Waals surface area contributed by atoms with E-state index in [1.165, 1.54) is 11.8 Å². The Morgan fingerprint density at radius 1 is 1.16 bits per heavy atom. The number of pyridine rings is 1. The summed E-state index contributed by atoms with van der Waals surface area (Å²) in [6.07, 6.45) is 1.73. The van der Waals surface area contributed by atoms with E-state index in [0.29, 0.717) is 10.2 Å². The molecule has 7 heteroatoms. The van der Waals surface area contributed by atoms with Crippen LogP contribution in [0.2, 0.25) is 5.02 Å². The Bertz CT molecular complexity index is 1070. The van der Waals surface area contributed by atoms with Gasteiger partial charge in [-0.05, 0) is 42.5 Å². The fraction of sp³-hybridized carbons (Fsp3) is 0.0556. The minimum Gasteiger partial charge on any atom is -0.333 e. The smallest absolute Gasteiger partial charge is 0.234 e. The van der Waals surface area contributed by atoms with Crippen LogP contribution < -0.4 is 5.32 Å². The fourth-order valence-corrected chi connectivity index (χ4v) is 3.42. The monoisotopic (exact) mass is 368 g/mol. The van der Waals surface area contributed by atoms with Gasteiger partial charge in [0, 0.05) is 16.6 Å². The van der Waals surface area contributed by atoms with Crippen molar-refractivity contribution in [2.24, 2.45) is 0 Å². The van der Waals surface area contributed by atoms with E-state index in [1.54, 1.807) is 12.3 Å². The van der Waals surface area contributed by atoms with Gasteiger partial charge >= 0.3 is 0 Å². The first kappa shape index (κ1) is 15.9. The SMILES string of the molecule is O=C(CSc1nc2ccc(Cl)cc2[nH]1)Nc1cccc2ncccc12. The van der Waals surface area contributed by atoms with Crippen LogP contribution >= 0.6 is 23.4 Å². The van der Waals surface area contributed by atoms with Crippen molar-refractivity contribution >= 4 is 56.9 Å². The van der Waals surface area contributed by atoms with E-state index in [2.05, 4.69) is 20.3 Å². The van der Waals surface area contributed by atoms with Gasteiger partial charge in [0.1, 0.15) is 0 Å². The van der Waals surface area contributed by atoms with Gasteiger partial charge in [-0.15, -0.1) is 0 Å². The van der Waals surface area contributed by atoms with Gasteiger partial charge < -0.3 is 10.3 Å². The van der Waals surface area contributed by atoms with Gasteiger partial charge in [-0.25, -0.2) is 4.98 Å². The van der Waals surface area contributed by atoms with E-state index >= 15 is 0 Å². The molecule has 0 spiro atoms. The lowest BCUT2D eigenvalue weighted by molar-refractivity contribution is -0.113. The normalized spacial score (nSPS) is 11.1. The highest BCUT2D eigenvalue weighted by atomic mass is 35.5. The maximum atomic E-state index is 12.3. The number of nitrogens with one attached hydrogen (secondary N) is 2. The van der Waals surface area contributed by atoms with Crippen LogP contribution in [0.1, 0.15) is 0 Å². The molecule has 0 unspecified atom stereocenters. The highest BCUT2D eigenvalue weighted by Gasteiger charge is 2.09. The van der Waals surface area contributed by atoms with E-state index in [0.717, 1.165) is 27.6 Å². The quantitative estimate of drug-likeness (QED) is 0.520. The van der Waals surface area contributed by atoms with Crippen molar-refractivity contribution in [1.29, 1.82) is 0 Å². The van der Waals surface area contributed by atoms with Crippen LogP contribution in [0.25, 0.3) is 21.9 Å². The molecule has 1 amide bonds. The second kappa shape index (κ2) is 6.74. The zero-order chi connectivity index (χ0) is 17.2. The van der Waals surface area contributed by atoms with Crippen molar-refractivity contribution in [3.63, 3.8) is 0 Å². The molecule has 2 aromatic carbocycles. The molecule has 2 aromatic heterocycles. The van der Waals surface area contributed by atoms with Gasteiger partial charge in [0.2, 0.25) is 5.91 Å². The summed E-state index contributed by atoms with van der Waals surface area (Å²) in [5.41, 5.74) is 3.29. The van der Waals surface area contributed by atoms with Gasteiger partial charge in [0.05, 0.1) is 28.0 Å². The number of rotatable bonds is 4. The summed E-state index contributed by atoms with van der Waals surface area (Å²) < 4.78 is 0. The first-order chi connectivity index (χ1) is 12.2. The number of aromatic nitrogens is 3. The first-order valence-corrected chi connectivity index (χ1v) is 8.97. The number of amides is 1. The van der Waals surface area contributed by atoms with Crippen LogP contribution in [-0.2, 0) is 4.79 Å². The molecule has 0 fully saturated rings. The highest BCUT2D eigenvalue weighted by molar-refractivity contribution is 7.99. The number of benzene rings is 2. The summed E-state index contributed by atoms with van der Waals surface area (Å²) in [6.45, 7) is 0. The Morgan fingerprint density at radius 2 is 2.08 bits per heavy atom. The third kappa shape index (κ3) is 3.45. The van der Waals surface area contributed by atoms with E-state index in [4.69, 9.17) is 11.6 Å². The second-order valence-electron chi connectivity index (χ2n) is 5.42. The number of H-pyrrole nitrogens is 1. The molecular formula is C18H13ClN4OS.